The van der Waals surface area contributed by atoms with E-state index in [-0.39, 0.29) is 17.9 Å². The molecular weight excluding hydrogens is 290 g/mol. The summed E-state index contributed by atoms with van der Waals surface area (Å²) in [6.07, 6.45) is -2.77. The second-order valence-corrected chi connectivity index (χ2v) is 4.01. The van der Waals surface area contributed by atoms with Crippen LogP contribution in [0.2, 0.25) is 0 Å². The Morgan fingerprint density at radius 2 is 2.19 bits per heavy atom. The number of hydrogen-bond acceptors (Lipinski definition) is 5. The Morgan fingerprint density at radius 3 is 2.67 bits per heavy atom. The van der Waals surface area contributed by atoms with Crippen LogP contribution < -0.4 is 4.74 Å². The van der Waals surface area contributed by atoms with Gasteiger partial charge in [-0.05, 0) is 12.1 Å². The van der Waals surface area contributed by atoms with Gasteiger partial charge in [-0.1, -0.05) is 0 Å². The number of nitrogens with zero attached hydrogens (tertiary/aromatic N) is 2. The van der Waals surface area contributed by atoms with Crippen molar-refractivity contribution in [2.45, 2.75) is 6.43 Å². The van der Waals surface area contributed by atoms with E-state index in [1.807, 2.05) is 0 Å². The van der Waals surface area contributed by atoms with E-state index in [1.165, 1.54) is 19.2 Å². The van der Waals surface area contributed by atoms with Gasteiger partial charge >= 0.3 is 5.69 Å². The smallest absolute Gasteiger partial charge is 0.311 e. The van der Waals surface area contributed by atoms with Crippen molar-refractivity contribution in [2.75, 3.05) is 26.8 Å². The fourth-order valence-corrected chi connectivity index (χ4v) is 1.71. The van der Waals surface area contributed by atoms with Crippen LogP contribution in [0, 0.1) is 10.1 Å². The maximum Gasteiger partial charge on any atom is 0.311 e. The van der Waals surface area contributed by atoms with Gasteiger partial charge in [-0.25, -0.2) is 8.78 Å². The normalized spacial score (nSPS) is 10.5. The highest BCUT2D eigenvalue weighted by Crippen LogP contribution is 2.28. The molecule has 7 nitrogen and oxygen atoms in total. The van der Waals surface area contributed by atoms with Crippen molar-refractivity contribution in [3.8, 4) is 5.75 Å². The third-order valence-electron chi connectivity index (χ3n) is 2.64. The van der Waals surface area contributed by atoms with Crippen LogP contribution in [0.4, 0.5) is 14.5 Å². The Hall–Kier alpha value is -2.29. The number of carbonyl (C=O) groups excluding carboxylic acids is 1. The van der Waals surface area contributed by atoms with Crippen LogP contribution in [-0.4, -0.2) is 54.1 Å². The van der Waals surface area contributed by atoms with Crippen LogP contribution in [-0.2, 0) is 0 Å². The summed E-state index contributed by atoms with van der Waals surface area (Å²) in [6, 6.07) is 3.41. The summed E-state index contributed by atoms with van der Waals surface area (Å²) in [5.41, 5.74) is -0.569. The Morgan fingerprint density at radius 1 is 1.52 bits per heavy atom. The molecule has 0 radical (unpaired) electrons. The number of alkyl halides is 2. The van der Waals surface area contributed by atoms with E-state index in [0.717, 1.165) is 11.0 Å². The second-order valence-electron chi connectivity index (χ2n) is 4.01. The highest BCUT2D eigenvalue weighted by atomic mass is 19.3. The number of rotatable bonds is 7. The summed E-state index contributed by atoms with van der Waals surface area (Å²) in [6.45, 7) is -1.64. The van der Waals surface area contributed by atoms with E-state index in [2.05, 4.69) is 0 Å². The zero-order valence-electron chi connectivity index (χ0n) is 11.2. The predicted octanol–water partition coefficient (Wildman–Crippen LogP) is 1.30. The van der Waals surface area contributed by atoms with Gasteiger partial charge in [0.2, 0.25) is 0 Å². The van der Waals surface area contributed by atoms with Gasteiger partial charge in [-0.2, -0.15) is 0 Å². The lowest BCUT2D eigenvalue weighted by molar-refractivity contribution is -0.385. The first kappa shape index (κ1) is 16.8. The van der Waals surface area contributed by atoms with Crippen molar-refractivity contribution in [1.82, 2.24) is 4.90 Å². The van der Waals surface area contributed by atoms with Gasteiger partial charge in [-0.15, -0.1) is 0 Å². The summed E-state index contributed by atoms with van der Waals surface area (Å²) >= 11 is 0. The lowest BCUT2D eigenvalue weighted by Gasteiger charge is -2.21. The van der Waals surface area contributed by atoms with Gasteiger partial charge in [0, 0.05) is 18.2 Å². The molecule has 1 aromatic carbocycles. The number of halogens is 2. The minimum absolute atomic E-state index is 0.0425. The quantitative estimate of drug-likeness (QED) is 0.605. The number of benzene rings is 1. The molecule has 1 aromatic rings. The largest absolute Gasteiger partial charge is 0.490 e. The van der Waals surface area contributed by atoms with E-state index in [9.17, 15) is 23.7 Å². The van der Waals surface area contributed by atoms with Crippen molar-refractivity contribution in [2.24, 2.45) is 0 Å². The number of aliphatic hydroxyl groups excluding tert-OH is 1. The van der Waals surface area contributed by atoms with Crippen molar-refractivity contribution >= 4 is 11.6 Å². The van der Waals surface area contributed by atoms with Gasteiger partial charge < -0.3 is 14.7 Å². The molecule has 0 spiro atoms. The highest BCUT2D eigenvalue weighted by molar-refractivity contribution is 5.95. The molecule has 0 aliphatic rings. The Kier molecular flexibility index (Phi) is 5.97. The molecule has 0 aliphatic carbocycles. The van der Waals surface area contributed by atoms with Crippen molar-refractivity contribution in [3.63, 3.8) is 0 Å². The minimum atomic E-state index is -2.77. The van der Waals surface area contributed by atoms with Crippen molar-refractivity contribution < 1.29 is 28.3 Å². The lowest BCUT2D eigenvalue weighted by Crippen LogP contribution is -2.37. The SMILES string of the molecule is COc1ccc(C(=O)N(CCO)CC(F)F)cc1[N+](=O)[O-]. The van der Waals surface area contributed by atoms with Crippen LogP contribution >= 0.6 is 0 Å². The molecule has 0 fully saturated rings. The number of aliphatic hydroxyl groups is 1. The van der Waals surface area contributed by atoms with Gasteiger partial charge in [-0.3, -0.25) is 14.9 Å². The van der Waals surface area contributed by atoms with Crippen LogP contribution in [0.3, 0.4) is 0 Å². The first-order chi connectivity index (χ1) is 9.90. The topological polar surface area (TPSA) is 92.9 Å². The van der Waals surface area contributed by atoms with Crippen LogP contribution in [0.15, 0.2) is 18.2 Å². The van der Waals surface area contributed by atoms with E-state index in [4.69, 9.17) is 9.84 Å². The molecule has 0 saturated carbocycles. The summed E-state index contributed by atoms with van der Waals surface area (Å²) < 4.78 is 29.6. The third kappa shape index (κ3) is 4.35. The maximum absolute atomic E-state index is 12.4. The van der Waals surface area contributed by atoms with Gasteiger partial charge in [0.15, 0.2) is 5.75 Å². The molecule has 0 aromatic heterocycles. The summed E-state index contributed by atoms with van der Waals surface area (Å²) in [4.78, 5) is 22.9. The number of nitro groups is 1. The molecule has 0 saturated heterocycles. The number of carbonyl (C=O) groups is 1. The minimum Gasteiger partial charge on any atom is -0.490 e. The van der Waals surface area contributed by atoms with E-state index in [1.54, 1.807) is 0 Å². The Bertz CT molecular complexity index is 524. The van der Waals surface area contributed by atoms with Crippen LogP contribution in [0.1, 0.15) is 10.4 Å². The standard InChI is InChI=1S/C12H14F2N2O5/c1-21-10-3-2-8(6-9(10)16(19)20)12(18)15(4-5-17)7-11(13)14/h2-3,6,11,17H,4-5,7H2,1H3. The number of ether oxygens (including phenoxy) is 1. The molecule has 21 heavy (non-hydrogen) atoms. The monoisotopic (exact) mass is 304 g/mol. The molecule has 116 valence electrons. The Balaban J connectivity index is 3.10. The number of amides is 1. The average molecular weight is 304 g/mol. The summed E-state index contributed by atoms with van der Waals surface area (Å²) in [5.74, 6) is -0.866. The van der Waals surface area contributed by atoms with Crippen LogP contribution in [0.5, 0.6) is 5.75 Å². The molecule has 0 bridgehead atoms. The zero-order chi connectivity index (χ0) is 16.0. The fourth-order valence-electron chi connectivity index (χ4n) is 1.71. The number of nitro benzene ring substituents is 1. The molecular formula is C12H14F2N2O5. The Labute approximate surface area is 118 Å². The van der Waals surface area contributed by atoms with Gasteiger partial charge in [0.1, 0.15) is 0 Å². The summed E-state index contributed by atoms with van der Waals surface area (Å²) in [7, 11) is 1.23. The first-order valence-electron chi connectivity index (χ1n) is 5.91. The van der Waals surface area contributed by atoms with Crippen LogP contribution in [0.25, 0.3) is 0 Å². The number of hydrogen-bond donors (Lipinski definition) is 1. The molecule has 9 heteroatoms. The molecule has 1 N–H and O–H groups in total. The van der Waals surface area contributed by atoms with Gasteiger partial charge in [0.25, 0.3) is 12.3 Å². The average Bonchev–Trinajstić information content (AvgIpc) is 2.44. The van der Waals surface area contributed by atoms with Crippen molar-refractivity contribution in [3.05, 3.63) is 33.9 Å². The summed E-state index contributed by atoms with van der Waals surface area (Å²) in [5, 5.41) is 19.7. The predicted molar refractivity (Wildman–Crippen MR) is 68.6 cm³/mol. The second kappa shape index (κ2) is 7.48. The van der Waals surface area contributed by atoms with Crippen molar-refractivity contribution in [1.29, 1.82) is 0 Å². The van der Waals surface area contributed by atoms with E-state index in [0.29, 0.717) is 0 Å². The highest BCUT2D eigenvalue weighted by Gasteiger charge is 2.23. The fraction of sp³-hybridized carbons (Fsp3) is 0.417. The zero-order valence-corrected chi connectivity index (χ0v) is 11.2. The number of methoxy groups -OCH3 is 1. The molecule has 1 rings (SSSR count). The third-order valence-corrected chi connectivity index (χ3v) is 2.64. The molecule has 0 heterocycles. The lowest BCUT2D eigenvalue weighted by atomic mass is 10.1. The first-order valence-corrected chi connectivity index (χ1v) is 5.91. The van der Waals surface area contributed by atoms with E-state index < -0.39 is 36.1 Å². The molecule has 0 unspecified atom stereocenters. The van der Waals surface area contributed by atoms with Gasteiger partial charge in [0.05, 0.1) is 25.2 Å². The maximum atomic E-state index is 12.4. The molecule has 0 aliphatic heterocycles. The molecule has 1 amide bonds. The van der Waals surface area contributed by atoms with E-state index >= 15 is 0 Å². The molecule has 0 atom stereocenters.